The van der Waals surface area contributed by atoms with E-state index in [-0.39, 0.29) is 12.1 Å². The van der Waals surface area contributed by atoms with Crippen LogP contribution in [-0.4, -0.2) is 30.8 Å². The molecule has 0 bridgehead atoms. The minimum Gasteiger partial charge on any atom is -0.492 e. The molecule has 1 amide bonds. The second-order valence-electron chi connectivity index (χ2n) is 4.06. The van der Waals surface area contributed by atoms with Crippen molar-refractivity contribution in [3.05, 3.63) is 36.3 Å². The molecule has 1 atom stereocenters. The third-order valence-corrected chi connectivity index (χ3v) is 2.82. The minimum atomic E-state index is -0.358. The minimum absolute atomic E-state index is 0.103. The summed E-state index contributed by atoms with van der Waals surface area (Å²) < 4.78 is 10.4. The lowest BCUT2D eigenvalue weighted by Gasteiger charge is -2.33. The van der Waals surface area contributed by atoms with Gasteiger partial charge in [-0.15, -0.1) is 0 Å². The van der Waals surface area contributed by atoms with E-state index in [0.29, 0.717) is 12.4 Å². The number of carbonyl (C=O) groups is 1. The molecule has 0 saturated heterocycles. The first-order valence-electron chi connectivity index (χ1n) is 6.18. The summed E-state index contributed by atoms with van der Waals surface area (Å²) in [5.74, 6) is 0.657. The van der Waals surface area contributed by atoms with Crippen molar-refractivity contribution in [1.29, 1.82) is 0 Å². The summed E-state index contributed by atoms with van der Waals surface area (Å²) >= 11 is 0. The van der Waals surface area contributed by atoms with E-state index in [1.165, 1.54) is 7.11 Å². The average Bonchev–Trinajstić information content (AvgIpc) is 2.37. The Labute approximate surface area is 109 Å². The molecule has 1 heterocycles. The lowest BCUT2D eigenvalue weighted by atomic mass is 10.0. The molecule has 0 spiro atoms. The number of carbonyl (C=O) groups excluding carboxylic acids is 1. The monoisotopic (exact) mass is 251 g/mol. The largest absolute Gasteiger partial charge is 0.492 e. The van der Waals surface area contributed by atoms with Crippen LogP contribution in [0.4, 0.5) is 4.79 Å². The van der Waals surface area contributed by atoms with Crippen LogP contribution in [0.3, 0.4) is 0 Å². The van der Waals surface area contributed by atoms with Crippen LogP contribution in [0.25, 0.3) is 0 Å². The number of methoxy groups -OCH3 is 1. The first kappa shape index (κ1) is 14.4. The third-order valence-electron chi connectivity index (χ3n) is 2.82. The van der Waals surface area contributed by atoms with Crippen molar-refractivity contribution in [2.75, 3.05) is 13.7 Å². The van der Waals surface area contributed by atoms with Gasteiger partial charge in [0, 0.05) is 6.04 Å². The maximum absolute atomic E-state index is 11.9. The molecule has 1 aliphatic heterocycles. The van der Waals surface area contributed by atoms with Crippen LogP contribution in [0.5, 0.6) is 0 Å². The summed E-state index contributed by atoms with van der Waals surface area (Å²) in [4.78, 5) is 13.5. The molecule has 0 aromatic rings. The SMILES string of the molecule is C=C/C=C(/OCC)C1=CCCC(C)N1C(=O)OC. The first-order valence-corrected chi connectivity index (χ1v) is 6.18. The Hall–Kier alpha value is -1.71. The number of nitrogens with zero attached hydrogens (tertiary/aromatic N) is 1. The smallest absolute Gasteiger partial charge is 0.414 e. The molecule has 1 rings (SSSR count). The Morgan fingerprint density at radius 3 is 2.94 bits per heavy atom. The number of allylic oxidation sites excluding steroid dienone is 3. The standard InChI is InChI=1S/C14H21NO3/c1-5-8-13(18-6-2)12-10-7-9-11(3)15(12)14(16)17-4/h5,8,10-11H,1,6-7,9H2,2-4H3/b13-8+. The maximum Gasteiger partial charge on any atom is 0.414 e. The van der Waals surface area contributed by atoms with Gasteiger partial charge in [-0.2, -0.15) is 0 Å². The summed E-state index contributed by atoms with van der Waals surface area (Å²) in [6.07, 6.45) is 6.91. The van der Waals surface area contributed by atoms with Crippen LogP contribution in [0.2, 0.25) is 0 Å². The van der Waals surface area contributed by atoms with Gasteiger partial charge in [0.05, 0.1) is 19.4 Å². The summed E-state index contributed by atoms with van der Waals surface area (Å²) in [6, 6.07) is 0.103. The van der Waals surface area contributed by atoms with Crippen molar-refractivity contribution in [1.82, 2.24) is 4.90 Å². The van der Waals surface area contributed by atoms with E-state index in [1.807, 2.05) is 19.9 Å². The highest BCUT2D eigenvalue weighted by Gasteiger charge is 2.29. The maximum atomic E-state index is 11.9. The molecular weight excluding hydrogens is 230 g/mol. The Morgan fingerprint density at radius 1 is 1.67 bits per heavy atom. The molecule has 100 valence electrons. The van der Waals surface area contributed by atoms with Gasteiger partial charge >= 0.3 is 6.09 Å². The first-order chi connectivity index (χ1) is 8.65. The topological polar surface area (TPSA) is 38.8 Å². The molecule has 1 unspecified atom stereocenters. The second kappa shape index (κ2) is 6.89. The lowest BCUT2D eigenvalue weighted by molar-refractivity contribution is 0.112. The molecule has 0 aliphatic carbocycles. The summed E-state index contributed by atoms with van der Waals surface area (Å²) in [6.45, 7) is 8.12. The molecule has 0 aromatic carbocycles. The van der Waals surface area contributed by atoms with Crippen LogP contribution in [0.15, 0.2) is 36.3 Å². The van der Waals surface area contributed by atoms with E-state index >= 15 is 0 Å². The van der Waals surface area contributed by atoms with Crippen LogP contribution >= 0.6 is 0 Å². The van der Waals surface area contributed by atoms with E-state index in [4.69, 9.17) is 9.47 Å². The molecule has 0 fully saturated rings. The molecule has 0 saturated carbocycles. The number of hydrogen-bond acceptors (Lipinski definition) is 3. The van der Waals surface area contributed by atoms with Gasteiger partial charge < -0.3 is 9.47 Å². The van der Waals surface area contributed by atoms with E-state index in [9.17, 15) is 4.79 Å². The number of hydrogen-bond donors (Lipinski definition) is 0. The van der Waals surface area contributed by atoms with Crippen molar-refractivity contribution >= 4 is 6.09 Å². The molecule has 0 N–H and O–H groups in total. The predicted octanol–water partition coefficient (Wildman–Crippen LogP) is 3.23. The normalized spacial score (nSPS) is 20.2. The van der Waals surface area contributed by atoms with Crippen molar-refractivity contribution in [2.45, 2.75) is 32.7 Å². The predicted molar refractivity (Wildman–Crippen MR) is 70.9 cm³/mol. The van der Waals surface area contributed by atoms with Crippen LogP contribution in [-0.2, 0) is 9.47 Å². The van der Waals surface area contributed by atoms with Gasteiger partial charge in [-0.25, -0.2) is 4.79 Å². The highest BCUT2D eigenvalue weighted by Crippen LogP contribution is 2.27. The van der Waals surface area contributed by atoms with E-state index in [1.54, 1.807) is 17.1 Å². The average molecular weight is 251 g/mol. The van der Waals surface area contributed by atoms with Gasteiger partial charge in [0.25, 0.3) is 0 Å². The molecule has 1 aliphatic rings. The molecule has 0 aromatic heterocycles. The zero-order valence-electron chi connectivity index (χ0n) is 11.3. The Balaban J connectivity index is 3.07. The summed E-state index contributed by atoms with van der Waals surface area (Å²) in [7, 11) is 1.39. The zero-order valence-corrected chi connectivity index (χ0v) is 11.3. The molecule has 18 heavy (non-hydrogen) atoms. The van der Waals surface area contributed by atoms with E-state index in [2.05, 4.69) is 6.58 Å². The number of rotatable bonds is 4. The summed E-state index contributed by atoms with van der Waals surface area (Å²) in [5, 5.41) is 0. The van der Waals surface area contributed by atoms with E-state index < -0.39 is 0 Å². The number of ether oxygens (including phenoxy) is 2. The van der Waals surface area contributed by atoms with Crippen LogP contribution < -0.4 is 0 Å². The van der Waals surface area contributed by atoms with Crippen molar-refractivity contribution in [3.63, 3.8) is 0 Å². The fraction of sp³-hybridized carbons (Fsp3) is 0.500. The van der Waals surface area contributed by atoms with Gasteiger partial charge in [-0.3, -0.25) is 4.90 Å². The molecule has 0 radical (unpaired) electrons. The van der Waals surface area contributed by atoms with Gasteiger partial charge in [0.15, 0.2) is 0 Å². The Bertz CT molecular complexity index is 371. The molecule has 4 heteroatoms. The van der Waals surface area contributed by atoms with Gasteiger partial charge in [0.1, 0.15) is 5.76 Å². The van der Waals surface area contributed by atoms with Crippen molar-refractivity contribution in [3.8, 4) is 0 Å². The Morgan fingerprint density at radius 2 is 2.39 bits per heavy atom. The van der Waals surface area contributed by atoms with Gasteiger partial charge in [0.2, 0.25) is 0 Å². The molecular formula is C14H21NO3. The van der Waals surface area contributed by atoms with Crippen molar-refractivity contribution in [2.24, 2.45) is 0 Å². The summed E-state index contributed by atoms with van der Waals surface area (Å²) in [5.41, 5.74) is 0.766. The number of amides is 1. The lowest BCUT2D eigenvalue weighted by Crippen LogP contribution is -2.40. The van der Waals surface area contributed by atoms with Gasteiger partial charge in [-0.1, -0.05) is 18.7 Å². The van der Waals surface area contributed by atoms with Crippen LogP contribution in [0, 0.1) is 0 Å². The van der Waals surface area contributed by atoms with Gasteiger partial charge in [-0.05, 0) is 32.8 Å². The highest BCUT2D eigenvalue weighted by atomic mass is 16.5. The fourth-order valence-corrected chi connectivity index (χ4v) is 1.99. The van der Waals surface area contributed by atoms with Crippen molar-refractivity contribution < 1.29 is 14.3 Å². The third kappa shape index (κ3) is 3.15. The Kier molecular flexibility index (Phi) is 5.49. The highest BCUT2D eigenvalue weighted by molar-refractivity contribution is 5.71. The second-order valence-corrected chi connectivity index (χ2v) is 4.06. The van der Waals surface area contributed by atoms with E-state index in [0.717, 1.165) is 18.5 Å². The fourth-order valence-electron chi connectivity index (χ4n) is 1.99. The molecule has 4 nitrogen and oxygen atoms in total. The zero-order chi connectivity index (χ0) is 13.5. The quantitative estimate of drug-likeness (QED) is 0.569. The van der Waals surface area contributed by atoms with Crippen LogP contribution in [0.1, 0.15) is 26.7 Å².